The molecule has 0 fully saturated rings. The topological polar surface area (TPSA) is 18.5 Å². The van der Waals surface area contributed by atoms with Crippen molar-refractivity contribution in [3.63, 3.8) is 0 Å². The number of halogens is 1. The fourth-order valence-electron chi connectivity index (χ4n) is 3.98. The van der Waals surface area contributed by atoms with E-state index < -0.39 is 0 Å². The molecule has 0 saturated heterocycles. The Balaban J connectivity index is 1.64. The summed E-state index contributed by atoms with van der Waals surface area (Å²) in [6.07, 6.45) is 11.6. The zero-order valence-corrected chi connectivity index (χ0v) is 19.6. The zero-order valence-electron chi connectivity index (χ0n) is 19.6. The highest BCUT2D eigenvalue weighted by atomic mass is 19.1. The summed E-state index contributed by atoms with van der Waals surface area (Å²) in [7, 11) is 0. The van der Waals surface area contributed by atoms with E-state index in [1.54, 1.807) is 6.07 Å². The Labute approximate surface area is 197 Å². The standard InChI is InChI=1S/C30H33FO2/c1-4-7-22-32-26-18-16-25(17-19-26)30(5-2,6-3)21-11-12-24-15-20-28(31)29(23-24)33-27-13-9-8-10-14-27/h2,8-10,13-20,23H,4,6-7,11-12,21-22H2,1,3H3. The number of hydrogen-bond donors (Lipinski definition) is 0. The summed E-state index contributed by atoms with van der Waals surface area (Å²) in [6, 6.07) is 22.5. The molecule has 33 heavy (non-hydrogen) atoms. The largest absolute Gasteiger partial charge is 0.494 e. The Morgan fingerprint density at radius 2 is 1.67 bits per heavy atom. The Kier molecular flexibility index (Phi) is 8.95. The van der Waals surface area contributed by atoms with Gasteiger partial charge < -0.3 is 9.47 Å². The minimum absolute atomic E-state index is 0.246. The second kappa shape index (κ2) is 12.1. The third kappa shape index (κ3) is 6.62. The van der Waals surface area contributed by atoms with Crippen LogP contribution in [0.3, 0.4) is 0 Å². The molecule has 3 aromatic rings. The molecule has 0 aliphatic carbocycles. The van der Waals surface area contributed by atoms with Crippen molar-refractivity contribution in [2.24, 2.45) is 0 Å². The van der Waals surface area contributed by atoms with Gasteiger partial charge in [0.15, 0.2) is 11.6 Å². The van der Waals surface area contributed by atoms with E-state index in [1.807, 2.05) is 48.5 Å². The molecule has 0 aromatic heterocycles. The molecular weight excluding hydrogens is 411 g/mol. The maximum atomic E-state index is 14.3. The van der Waals surface area contributed by atoms with Crippen LogP contribution in [-0.2, 0) is 11.8 Å². The van der Waals surface area contributed by atoms with Gasteiger partial charge in [-0.2, -0.15) is 0 Å². The van der Waals surface area contributed by atoms with Crippen molar-refractivity contribution in [2.45, 2.75) is 57.8 Å². The smallest absolute Gasteiger partial charge is 0.165 e. The van der Waals surface area contributed by atoms with E-state index in [4.69, 9.17) is 15.9 Å². The van der Waals surface area contributed by atoms with Crippen LogP contribution >= 0.6 is 0 Å². The van der Waals surface area contributed by atoms with Crippen LogP contribution in [0.2, 0.25) is 0 Å². The highest BCUT2D eigenvalue weighted by Gasteiger charge is 2.27. The van der Waals surface area contributed by atoms with Gasteiger partial charge in [0.1, 0.15) is 11.5 Å². The molecule has 0 aliphatic heterocycles. The molecule has 3 heteroatoms. The number of para-hydroxylation sites is 1. The van der Waals surface area contributed by atoms with Gasteiger partial charge in [0.05, 0.1) is 12.0 Å². The van der Waals surface area contributed by atoms with Gasteiger partial charge in [-0.25, -0.2) is 4.39 Å². The number of hydrogen-bond acceptors (Lipinski definition) is 2. The van der Waals surface area contributed by atoms with Crippen LogP contribution in [0.5, 0.6) is 17.2 Å². The highest BCUT2D eigenvalue weighted by Crippen LogP contribution is 2.34. The monoisotopic (exact) mass is 444 g/mol. The number of rotatable bonds is 12. The first-order valence-electron chi connectivity index (χ1n) is 11.8. The lowest BCUT2D eigenvalue weighted by Crippen LogP contribution is -2.23. The summed E-state index contributed by atoms with van der Waals surface area (Å²) in [5.74, 6) is 4.45. The van der Waals surface area contributed by atoms with Crippen LogP contribution in [0.4, 0.5) is 4.39 Å². The van der Waals surface area contributed by atoms with Crippen LogP contribution < -0.4 is 9.47 Å². The summed E-state index contributed by atoms with van der Waals surface area (Å²) < 4.78 is 25.8. The third-order valence-corrected chi connectivity index (χ3v) is 6.09. The summed E-state index contributed by atoms with van der Waals surface area (Å²) >= 11 is 0. The van der Waals surface area contributed by atoms with Gasteiger partial charge in [-0.1, -0.05) is 62.6 Å². The third-order valence-electron chi connectivity index (χ3n) is 6.09. The Morgan fingerprint density at radius 1 is 0.909 bits per heavy atom. The minimum atomic E-state index is -0.365. The Hall–Kier alpha value is -3.25. The predicted octanol–water partition coefficient (Wildman–Crippen LogP) is 8.10. The molecule has 0 heterocycles. The summed E-state index contributed by atoms with van der Waals surface area (Å²) in [4.78, 5) is 0. The van der Waals surface area contributed by atoms with E-state index in [1.165, 1.54) is 6.07 Å². The van der Waals surface area contributed by atoms with Crippen molar-refractivity contribution in [1.82, 2.24) is 0 Å². The molecule has 0 aliphatic rings. The second-order valence-electron chi connectivity index (χ2n) is 8.34. The van der Waals surface area contributed by atoms with Gasteiger partial charge in [-0.05, 0) is 79.6 Å². The molecule has 0 bridgehead atoms. The molecule has 0 radical (unpaired) electrons. The van der Waals surface area contributed by atoms with Crippen LogP contribution in [0.1, 0.15) is 57.1 Å². The van der Waals surface area contributed by atoms with E-state index in [0.717, 1.165) is 62.0 Å². The molecule has 3 aromatic carbocycles. The van der Waals surface area contributed by atoms with Crippen molar-refractivity contribution < 1.29 is 13.9 Å². The van der Waals surface area contributed by atoms with Crippen molar-refractivity contribution in [1.29, 1.82) is 0 Å². The number of ether oxygens (including phenoxy) is 2. The lowest BCUT2D eigenvalue weighted by Gasteiger charge is -2.28. The molecular formula is C30H33FO2. The first kappa shape index (κ1) is 24.4. The molecule has 0 amide bonds. The van der Waals surface area contributed by atoms with Crippen LogP contribution in [0, 0.1) is 18.2 Å². The minimum Gasteiger partial charge on any atom is -0.494 e. The van der Waals surface area contributed by atoms with Crippen molar-refractivity contribution >= 4 is 0 Å². The molecule has 0 N–H and O–H groups in total. The normalized spacial score (nSPS) is 12.5. The zero-order chi connectivity index (χ0) is 23.5. The number of unbranched alkanes of at least 4 members (excludes halogenated alkanes) is 1. The first-order valence-corrected chi connectivity index (χ1v) is 11.8. The maximum Gasteiger partial charge on any atom is 0.165 e. The molecule has 0 saturated carbocycles. The van der Waals surface area contributed by atoms with Crippen molar-refractivity contribution in [3.8, 4) is 29.6 Å². The van der Waals surface area contributed by atoms with Gasteiger partial charge in [-0.3, -0.25) is 0 Å². The first-order chi connectivity index (χ1) is 16.1. The molecule has 1 atom stereocenters. The highest BCUT2D eigenvalue weighted by molar-refractivity contribution is 5.38. The summed E-state index contributed by atoms with van der Waals surface area (Å²) in [5.41, 5.74) is 1.84. The number of benzene rings is 3. The van der Waals surface area contributed by atoms with Crippen LogP contribution in [0.25, 0.3) is 0 Å². The molecule has 172 valence electrons. The quantitative estimate of drug-likeness (QED) is 0.207. The lowest BCUT2D eigenvalue weighted by atomic mass is 9.75. The van der Waals surface area contributed by atoms with Gasteiger partial charge in [0.2, 0.25) is 0 Å². The van der Waals surface area contributed by atoms with Gasteiger partial charge in [-0.15, -0.1) is 6.42 Å². The van der Waals surface area contributed by atoms with Gasteiger partial charge in [0, 0.05) is 0 Å². The Bertz CT molecular complexity index is 1040. The van der Waals surface area contributed by atoms with Crippen molar-refractivity contribution in [2.75, 3.05) is 6.61 Å². The maximum absolute atomic E-state index is 14.3. The van der Waals surface area contributed by atoms with E-state index >= 15 is 0 Å². The molecule has 1 unspecified atom stereocenters. The second-order valence-corrected chi connectivity index (χ2v) is 8.34. The van der Waals surface area contributed by atoms with E-state index in [2.05, 4.69) is 31.9 Å². The average molecular weight is 445 g/mol. The fraction of sp³-hybridized carbons (Fsp3) is 0.333. The van der Waals surface area contributed by atoms with E-state index in [0.29, 0.717) is 5.75 Å². The SMILES string of the molecule is C#CC(CC)(CCCc1ccc(F)c(Oc2ccccc2)c1)c1ccc(OCCCC)cc1. The number of terminal acetylenes is 1. The van der Waals surface area contributed by atoms with Gasteiger partial charge >= 0.3 is 0 Å². The van der Waals surface area contributed by atoms with Crippen molar-refractivity contribution in [3.05, 3.63) is 89.7 Å². The van der Waals surface area contributed by atoms with E-state index in [9.17, 15) is 4.39 Å². The molecule has 3 rings (SSSR count). The summed E-state index contributed by atoms with van der Waals surface area (Å²) in [6.45, 7) is 5.02. The van der Waals surface area contributed by atoms with Crippen LogP contribution in [-0.4, -0.2) is 6.61 Å². The van der Waals surface area contributed by atoms with E-state index in [-0.39, 0.29) is 17.0 Å². The molecule has 0 spiro atoms. The lowest BCUT2D eigenvalue weighted by molar-refractivity contribution is 0.309. The van der Waals surface area contributed by atoms with Gasteiger partial charge in [0.25, 0.3) is 0 Å². The Morgan fingerprint density at radius 3 is 2.33 bits per heavy atom. The fourth-order valence-corrected chi connectivity index (χ4v) is 3.98. The summed E-state index contributed by atoms with van der Waals surface area (Å²) in [5, 5.41) is 0. The number of aryl methyl sites for hydroxylation is 1. The molecule has 2 nitrogen and oxygen atoms in total. The average Bonchev–Trinajstić information content (AvgIpc) is 2.85. The predicted molar refractivity (Wildman–Crippen MR) is 134 cm³/mol. The van der Waals surface area contributed by atoms with Crippen LogP contribution in [0.15, 0.2) is 72.8 Å².